The van der Waals surface area contributed by atoms with Crippen molar-refractivity contribution in [3.8, 4) is 10.6 Å². The highest BCUT2D eigenvalue weighted by Gasteiger charge is 2.09. The molecule has 14 heavy (non-hydrogen) atoms. The Balaban J connectivity index is 2.57. The number of hydrogen-bond donors (Lipinski definition) is 0. The van der Waals surface area contributed by atoms with Gasteiger partial charge < -0.3 is 0 Å². The second kappa shape index (κ2) is 3.96. The van der Waals surface area contributed by atoms with E-state index in [1.807, 2.05) is 25.1 Å². The molecule has 2 rings (SSSR count). The van der Waals surface area contributed by atoms with E-state index in [1.165, 1.54) is 11.5 Å². The summed E-state index contributed by atoms with van der Waals surface area (Å²) in [6, 6.07) is 5.88. The fourth-order valence-corrected chi connectivity index (χ4v) is 2.51. The second-order valence-electron chi connectivity index (χ2n) is 2.81. The summed E-state index contributed by atoms with van der Waals surface area (Å²) in [5.74, 6) is 0. The van der Waals surface area contributed by atoms with E-state index in [4.69, 9.17) is 11.6 Å². The molecule has 0 aliphatic rings. The molecule has 1 aromatic carbocycles. The van der Waals surface area contributed by atoms with Gasteiger partial charge in [0.15, 0.2) is 0 Å². The first kappa shape index (κ1) is 10.1. The van der Waals surface area contributed by atoms with Crippen molar-refractivity contribution in [2.45, 2.75) is 6.92 Å². The van der Waals surface area contributed by atoms with Crippen molar-refractivity contribution in [1.29, 1.82) is 0 Å². The minimum atomic E-state index is 0.607. The molecule has 0 spiro atoms. The van der Waals surface area contributed by atoms with E-state index in [9.17, 15) is 0 Å². The lowest BCUT2D eigenvalue weighted by Gasteiger charge is -2.01. The first-order valence-electron chi connectivity index (χ1n) is 3.93. The Morgan fingerprint density at radius 2 is 2.21 bits per heavy atom. The Morgan fingerprint density at radius 3 is 2.86 bits per heavy atom. The zero-order valence-electron chi connectivity index (χ0n) is 7.29. The molecule has 1 heterocycles. The molecule has 0 saturated heterocycles. The van der Waals surface area contributed by atoms with Gasteiger partial charge in [-0.2, -0.15) is 4.37 Å². The van der Waals surface area contributed by atoms with Crippen molar-refractivity contribution >= 4 is 39.1 Å². The lowest BCUT2D eigenvalue weighted by atomic mass is 10.1. The molecule has 5 heteroatoms. The summed E-state index contributed by atoms with van der Waals surface area (Å²) in [5.41, 5.74) is 1.99. The van der Waals surface area contributed by atoms with Crippen molar-refractivity contribution < 1.29 is 0 Å². The summed E-state index contributed by atoms with van der Waals surface area (Å²) >= 11 is 10.7. The second-order valence-corrected chi connectivity index (χ2v) is 4.64. The molecule has 0 radical (unpaired) electrons. The lowest BCUT2D eigenvalue weighted by molar-refractivity contribution is 1.26. The highest BCUT2D eigenvalue weighted by molar-refractivity contribution is 9.10. The zero-order chi connectivity index (χ0) is 10.1. The molecule has 0 aliphatic carbocycles. The van der Waals surface area contributed by atoms with Gasteiger partial charge in [0.05, 0.1) is 5.02 Å². The molecule has 0 bridgehead atoms. The smallest absolute Gasteiger partial charge is 0.209 e. The molecular weight excluding hydrogens is 284 g/mol. The number of benzene rings is 1. The van der Waals surface area contributed by atoms with Crippen LogP contribution in [0.4, 0.5) is 0 Å². The highest BCUT2D eigenvalue weighted by atomic mass is 79.9. The van der Waals surface area contributed by atoms with E-state index in [0.29, 0.717) is 4.73 Å². The maximum atomic E-state index is 6.16. The third kappa shape index (κ3) is 1.82. The summed E-state index contributed by atoms with van der Waals surface area (Å²) in [4.78, 5) is 4.22. The maximum absolute atomic E-state index is 6.16. The fraction of sp³-hybridized carbons (Fsp3) is 0.111. The van der Waals surface area contributed by atoms with Crippen LogP contribution in [0.25, 0.3) is 10.6 Å². The van der Waals surface area contributed by atoms with Gasteiger partial charge in [-0.25, -0.2) is 4.98 Å². The molecule has 0 amide bonds. The molecule has 0 unspecified atom stereocenters. The predicted molar refractivity (Wildman–Crippen MR) is 62.8 cm³/mol. The van der Waals surface area contributed by atoms with Gasteiger partial charge in [-0.15, -0.1) is 0 Å². The standard InChI is InChI=1S/C9H6BrClN2S/c1-5-3-2-4-6(7(5)11)8-12-9(10)13-14-8/h2-4H,1H3. The van der Waals surface area contributed by atoms with Gasteiger partial charge in [0, 0.05) is 5.56 Å². The fourth-order valence-electron chi connectivity index (χ4n) is 1.13. The number of halogens is 2. The van der Waals surface area contributed by atoms with Crippen LogP contribution in [0, 0.1) is 6.92 Å². The Labute approximate surface area is 99.2 Å². The van der Waals surface area contributed by atoms with Crippen molar-refractivity contribution in [3.63, 3.8) is 0 Å². The Kier molecular flexibility index (Phi) is 2.85. The number of aryl methyl sites for hydroxylation is 1. The summed E-state index contributed by atoms with van der Waals surface area (Å²) in [5, 5.41) is 1.58. The van der Waals surface area contributed by atoms with Gasteiger partial charge in [0.25, 0.3) is 0 Å². The quantitative estimate of drug-likeness (QED) is 0.795. The molecule has 1 aromatic heterocycles. The van der Waals surface area contributed by atoms with Crippen LogP contribution in [0.1, 0.15) is 5.56 Å². The van der Waals surface area contributed by atoms with E-state index in [0.717, 1.165) is 21.2 Å². The zero-order valence-corrected chi connectivity index (χ0v) is 10.4. The van der Waals surface area contributed by atoms with Gasteiger partial charge >= 0.3 is 0 Å². The van der Waals surface area contributed by atoms with E-state index < -0.39 is 0 Å². The van der Waals surface area contributed by atoms with Gasteiger partial charge in [-0.05, 0) is 39.9 Å². The van der Waals surface area contributed by atoms with Crippen molar-refractivity contribution in [3.05, 3.63) is 33.5 Å². The van der Waals surface area contributed by atoms with Gasteiger partial charge in [-0.1, -0.05) is 29.8 Å². The van der Waals surface area contributed by atoms with Gasteiger partial charge in [0.1, 0.15) is 5.01 Å². The SMILES string of the molecule is Cc1cccc(-c2nc(Br)ns2)c1Cl. The van der Waals surface area contributed by atoms with Crippen molar-refractivity contribution in [2.75, 3.05) is 0 Å². The Hall–Kier alpha value is -0.450. The topological polar surface area (TPSA) is 25.8 Å². The number of aromatic nitrogens is 2. The summed E-state index contributed by atoms with van der Waals surface area (Å²) in [7, 11) is 0. The first-order valence-corrected chi connectivity index (χ1v) is 5.87. The molecular formula is C9H6BrClN2S. The average molecular weight is 290 g/mol. The van der Waals surface area contributed by atoms with E-state index in [-0.39, 0.29) is 0 Å². The summed E-state index contributed by atoms with van der Waals surface area (Å²) < 4.78 is 4.66. The van der Waals surface area contributed by atoms with Crippen LogP contribution in [0.15, 0.2) is 22.9 Å². The van der Waals surface area contributed by atoms with Gasteiger partial charge in [-0.3, -0.25) is 0 Å². The molecule has 2 aromatic rings. The van der Waals surface area contributed by atoms with E-state index in [1.54, 1.807) is 0 Å². The van der Waals surface area contributed by atoms with Crippen LogP contribution >= 0.6 is 39.1 Å². The largest absolute Gasteiger partial charge is 0.209 e. The Bertz CT molecular complexity index is 470. The Morgan fingerprint density at radius 1 is 1.43 bits per heavy atom. The van der Waals surface area contributed by atoms with Crippen molar-refractivity contribution in [1.82, 2.24) is 9.36 Å². The predicted octanol–water partition coefficient (Wildman–Crippen LogP) is 3.93. The third-order valence-electron chi connectivity index (χ3n) is 1.82. The van der Waals surface area contributed by atoms with Crippen LogP contribution in [-0.4, -0.2) is 9.36 Å². The minimum absolute atomic E-state index is 0.607. The van der Waals surface area contributed by atoms with E-state index >= 15 is 0 Å². The van der Waals surface area contributed by atoms with Gasteiger partial charge in [0.2, 0.25) is 4.73 Å². The third-order valence-corrected chi connectivity index (χ3v) is 3.66. The van der Waals surface area contributed by atoms with Crippen LogP contribution < -0.4 is 0 Å². The molecule has 0 fully saturated rings. The van der Waals surface area contributed by atoms with Crippen LogP contribution in [-0.2, 0) is 0 Å². The summed E-state index contributed by atoms with van der Waals surface area (Å²) in [6.07, 6.45) is 0. The number of hydrogen-bond acceptors (Lipinski definition) is 3. The van der Waals surface area contributed by atoms with Crippen LogP contribution in [0.3, 0.4) is 0 Å². The average Bonchev–Trinajstić information content (AvgIpc) is 2.57. The molecule has 0 saturated carbocycles. The molecule has 0 aliphatic heterocycles. The maximum Gasteiger partial charge on any atom is 0.209 e. The molecule has 72 valence electrons. The van der Waals surface area contributed by atoms with E-state index in [2.05, 4.69) is 25.3 Å². The lowest BCUT2D eigenvalue weighted by Crippen LogP contribution is -1.81. The normalized spacial score (nSPS) is 10.5. The number of rotatable bonds is 1. The molecule has 0 atom stereocenters. The monoisotopic (exact) mass is 288 g/mol. The van der Waals surface area contributed by atoms with Crippen LogP contribution in [0.2, 0.25) is 5.02 Å². The summed E-state index contributed by atoms with van der Waals surface area (Å²) in [6.45, 7) is 1.97. The highest BCUT2D eigenvalue weighted by Crippen LogP contribution is 2.31. The minimum Gasteiger partial charge on any atom is -0.209 e. The molecule has 2 nitrogen and oxygen atoms in total. The first-order chi connectivity index (χ1) is 6.68. The number of nitrogens with zero attached hydrogens (tertiary/aromatic N) is 2. The molecule has 0 N–H and O–H groups in total. The van der Waals surface area contributed by atoms with Crippen LogP contribution in [0.5, 0.6) is 0 Å². The van der Waals surface area contributed by atoms with Crippen molar-refractivity contribution in [2.24, 2.45) is 0 Å².